The Kier molecular flexibility index (Phi) is 6.06. The van der Waals surface area contributed by atoms with Gasteiger partial charge in [-0.1, -0.05) is 13.8 Å². The molecule has 0 bridgehead atoms. The summed E-state index contributed by atoms with van der Waals surface area (Å²) in [5, 5.41) is 0. The van der Waals surface area contributed by atoms with Gasteiger partial charge in [0.2, 0.25) is 0 Å². The third-order valence-electron chi connectivity index (χ3n) is 1.64. The Bertz CT molecular complexity index is 213. The molecule has 0 aliphatic heterocycles. The molecule has 14 heavy (non-hydrogen) atoms. The van der Waals surface area contributed by atoms with Crippen LogP contribution in [0.1, 0.15) is 33.6 Å². The smallest absolute Gasteiger partial charge is 0.315 e. The summed E-state index contributed by atoms with van der Waals surface area (Å²) in [6.45, 7) is 5.78. The molecule has 0 N–H and O–H groups in total. The van der Waals surface area contributed by atoms with Crippen molar-refractivity contribution in [3.63, 3.8) is 0 Å². The Morgan fingerprint density at radius 3 is 2.14 bits per heavy atom. The van der Waals surface area contributed by atoms with Crippen LogP contribution in [0.3, 0.4) is 0 Å². The zero-order valence-corrected chi connectivity index (χ0v) is 10.8. The van der Waals surface area contributed by atoms with E-state index in [1.807, 2.05) is 13.8 Å². The van der Waals surface area contributed by atoms with Gasteiger partial charge >= 0.3 is 11.9 Å². The minimum Gasteiger partial charge on any atom is -0.466 e. The van der Waals surface area contributed by atoms with Crippen molar-refractivity contribution in [1.29, 1.82) is 0 Å². The summed E-state index contributed by atoms with van der Waals surface area (Å²) in [6.07, 6.45) is 0.446. The van der Waals surface area contributed by atoms with Gasteiger partial charge in [0.15, 0.2) is 23.0 Å². The first-order valence-electron chi connectivity index (χ1n) is 4.38. The van der Waals surface area contributed by atoms with Crippen LogP contribution in [0.4, 0.5) is 0 Å². The summed E-state index contributed by atoms with van der Waals surface area (Å²) >= 11 is 1.54. The van der Waals surface area contributed by atoms with Crippen LogP contribution in [0.5, 0.6) is 0 Å². The molecule has 0 unspecified atom stereocenters. The summed E-state index contributed by atoms with van der Waals surface area (Å²) in [4.78, 5) is 22.1. The highest BCUT2D eigenvalue weighted by Crippen LogP contribution is 2.26. The van der Waals surface area contributed by atoms with E-state index in [1.54, 1.807) is 6.92 Å². The zero-order chi connectivity index (χ0) is 11.2. The fourth-order valence-corrected chi connectivity index (χ4v) is 1.24. The van der Waals surface area contributed by atoms with Crippen molar-refractivity contribution in [1.82, 2.24) is 0 Å². The lowest BCUT2D eigenvalue weighted by molar-refractivity contribution is -0.146. The van der Waals surface area contributed by atoms with Crippen molar-refractivity contribution in [3.8, 4) is 0 Å². The summed E-state index contributed by atoms with van der Waals surface area (Å²) in [5.74, 6) is -0.598. The molecule has 0 aliphatic rings. The lowest BCUT2D eigenvalue weighted by atomic mass is 9.86. The van der Waals surface area contributed by atoms with Crippen molar-refractivity contribution in [3.05, 3.63) is 0 Å². The summed E-state index contributed by atoms with van der Waals surface area (Å²) in [6, 6.07) is 0. The maximum Gasteiger partial charge on any atom is 0.315 e. The molecule has 0 aromatic heterocycles. The van der Waals surface area contributed by atoms with Gasteiger partial charge in [0.05, 0.1) is 19.4 Å². The van der Waals surface area contributed by atoms with Gasteiger partial charge < -0.3 is 7.80 Å². The average molecular weight is 314 g/mol. The Morgan fingerprint density at radius 1 is 1.21 bits per heavy atom. The SMILES string of the molecule is CCOC(=O)CC(C)(C)CC(=O)OI. The van der Waals surface area contributed by atoms with Crippen LogP contribution in [0.2, 0.25) is 0 Å². The molecule has 0 aromatic rings. The lowest BCUT2D eigenvalue weighted by Gasteiger charge is -2.21. The van der Waals surface area contributed by atoms with E-state index in [2.05, 4.69) is 3.07 Å². The molecule has 0 rings (SSSR count). The van der Waals surface area contributed by atoms with Gasteiger partial charge in [-0.25, -0.2) is 0 Å². The quantitative estimate of drug-likeness (QED) is 0.577. The first kappa shape index (κ1) is 13.7. The van der Waals surface area contributed by atoms with Gasteiger partial charge in [-0.15, -0.1) is 0 Å². The van der Waals surface area contributed by atoms with Crippen molar-refractivity contribution in [2.75, 3.05) is 6.61 Å². The maximum absolute atomic E-state index is 11.2. The molecule has 0 aliphatic carbocycles. The Morgan fingerprint density at radius 2 is 1.71 bits per heavy atom. The van der Waals surface area contributed by atoms with Gasteiger partial charge in [0.1, 0.15) is 0 Å². The van der Waals surface area contributed by atoms with E-state index in [4.69, 9.17) is 4.74 Å². The standard InChI is InChI=1S/C9H15IO4/c1-4-13-7(11)5-9(2,3)6-8(12)14-10/h4-6H2,1-3H3. The van der Waals surface area contributed by atoms with E-state index in [-0.39, 0.29) is 24.8 Å². The predicted octanol–water partition coefficient (Wildman–Crippen LogP) is 2.25. The predicted molar refractivity (Wildman–Crippen MR) is 59.8 cm³/mol. The summed E-state index contributed by atoms with van der Waals surface area (Å²) in [5.41, 5.74) is -0.408. The third-order valence-corrected chi connectivity index (χ3v) is 2.13. The number of esters is 1. The second-order valence-electron chi connectivity index (χ2n) is 3.77. The van der Waals surface area contributed by atoms with Gasteiger partial charge in [-0.3, -0.25) is 9.59 Å². The van der Waals surface area contributed by atoms with Crippen LogP contribution in [0, 0.1) is 5.41 Å². The monoisotopic (exact) mass is 314 g/mol. The second-order valence-corrected chi connectivity index (χ2v) is 4.21. The van der Waals surface area contributed by atoms with Crippen LogP contribution in [-0.4, -0.2) is 18.5 Å². The second kappa shape index (κ2) is 6.21. The molecular formula is C9H15IO4. The van der Waals surface area contributed by atoms with E-state index in [9.17, 15) is 9.59 Å². The van der Waals surface area contributed by atoms with E-state index in [1.165, 1.54) is 23.0 Å². The fourth-order valence-electron chi connectivity index (χ4n) is 1.08. The number of carbonyl (C=O) groups excluding carboxylic acids is 2. The number of rotatable bonds is 5. The van der Waals surface area contributed by atoms with Gasteiger partial charge in [-0.05, 0) is 12.3 Å². The largest absolute Gasteiger partial charge is 0.466 e. The van der Waals surface area contributed by atoms with Crippen LogP contribution >= 0.6 is 23.0 Å². The summed E-state index contributed by atoms with van der Waals surface area (Å²) in [7, 11) is 0. The molecule has 0 fully saturated rings. The minimum absolute atomic E-state index is 0.217. The number of hydrogen-bond donors (Lipinski definition) is 0. The van der Waals surface area contributed by atoms with E-state index >= 15 is 0 Å². The van der Waals surface area contributed by atoms with Gasteiger partial charge in [0.25, 0.3) is 0 Å². The normalized spacial score (nSPS) is 10.9. The molecule has 0 spiro atoms. The number of ether oxygens (including phenoxy) is 1. The molecule has 0 heterocycles. The molecule has 0 radical (unpaired) electrons. The highest BCUT2D eigenvalue weighted by Gasteiger charge is 2.26. The van der Waals surface area contributed by atoms with E-state index in [0.29, 0.717) is 6.61 Å². The Labute approximate surface area is 98.0 Å². The van der Waals surface area contributed by atoms with Crippen LogP contribution in [0.15, 0.2) is 0 Å². The molecular weight excluding hydrogens is 299 g/mol. The molecule has 4 nitrogen and oxygen atoms in total. The molecule has 0 saturated heterocycles. The molecule has 0 saturated carbocycles. The topological polar surface area (TPSA) is 52.6 Å². The highest BCUT2D eigenvalue weighted by atomic mass is 127. The van der Waals surface area contributed by atoms with Crippen molar-refractivity contribution in [2.24, 2.45) is 5.41 Å². The van der Waals surface area contributed by atoms with E-state index in [0.717, 1.165) is 0 Å². The minimum atomic E-state index is -0.408. The van der Waals surface area contributed by atoms with Crippen LogP contribution < -0.4 is 0 Å². The maximum atomic E-state index is 11.2. The van der Waals surface area contributed by atoms with Crippen molar-refractivity contribution < 1.29 is 17.4 Å². The van der Waals surface area contributed by atoms with Crippen molar-refractivity contribution in [2.45, 2.75) is 33.6 Å². The number of halogens is 1. The molecule has 82 valence electrons. The molecule has 0 atom stereocenters. The first-order chi connectivity index (χ1) is 6.41. The molecule has 5 heteroatoms. The Hall–Kier alpha value is -0.330. The molecule has 0 aromatic carbocycles. The third kappa shape index (κ3) is 6.17. The Balaban J connectivity index is 4.05. The average Bonchev–Trinajstić information content (AvgIpc) is 2.02. The first-order valence-corrected chi connectivity index (χ1v) is 5.26. The van der Waals surface area contributed by atoms with Crippen molar-refractivity contribution >= 4 is 34.9 Å². The molecule has 0 amide bonds. The summed E-state index contributed by atoms with van der Waals surface area (Å²) < 4.78 is 9.31. The number of carbonyl (C=O) groups is 2. The number of hydrogen-bond acceptors (Lipinski definition) is 4. The fraction of sp³-hybridized carbons (Fsp3) is 0.778. The highest BCUT2D eigenvalue weighted by molar-refractivity contribution is 14.1. The van der Waals surface area contributed by atoms with E-state index < -0.39 is 5.41 Å². The van der Waals surface area contributed by atoms with Gasteiger partial charge in [0, 0.05) is 0 Å². The van der Waals surface area contributed by atoms with Crippen LogP contribution in [0.25, 0.3) is 0 Å². The lowest BCUT2D eigenvalue weighted by Crippen LogP contribution is -2.22. The zero-order valence-electron chi connectivity index (χ0n) is 8.63. The van der Waals surface area contributed by atoms with Gasteiger partial charge in [-0.2, -0.15) is 0 Å². The van der Waals surface area contributed by atoms with Crippen LogP contribution in [-0.2, 0) is 17.4 Å².